The number of nitrogens with zero attached hydrogens (tertiary/aromatic N) is 1. The van der Waals surface area contributed by atoms with E-state index in [-0.39, 0.29) is 0 Å². The van der Waals surface area contributed by atoms with Gasteiger partial charge in [-0.15, -0.1) is 0 Å². The topological polar surface area (TPSA) is 15.3 Å². The zero-order valence-corrected chi connectivity index (χ0v) is 13.9. The van der Waals surface area contributed by atoms with Crippen molar-refractivity contribution >= 4 is 0 Å². The van der Waals surface area contributed by atoms with E-state index in [4.69, 9.17) is 0 Å². The van der Waals surface area contributed by atoms with E-state index >= 15 is 0 Å². The molecule has 1 N–H and O–H groups in total. The molecule has 1 saturated carbocycles. The highest BCUT2D eigenvalue weighted by Crippen LogP contribution is 2.33. The lowest BCUT2D eigenvalue weighted by molar-refractivity contribution is 0.121. The molecule has 0 aromatic heterocycles. The first kappa shape index (κ1) is 17.0. The maximum atomic E-state index is 3.74. The molecule has 0 saturated heterocycles. The molecule has 0 bridgehead atoms. The molecule has 0 amide bonds. The van der Waals surface area contributed by atoms with Crippen LogP contribution in [0.5, 0.6) is 0 Å². The fourth-order valence-electron chi connectivity index (χ4n) is 3.77. The standard InChI is InChI=1S/C17H36N2/c1-6-9-15-10-11-17(18-7-2)16(12-15)13-19(8-3)14(4)5/h14-18H,6-13H2,1-5H3. The van der Waals surface area contributed by atoms with E-state index in [0.717, 1.165) is 24.4 Å². The molecule has 0 aliphatic heterocycles. The van der Waals surface area contributed by atoms with Crippen LogP contribution in [0, 0.1) is 11.8 Å². The molecule has 1 aliphatic carbocycles. The summed E-state index contributed by atoms with van der Waals surface area (Å²) in [5.74, 6) is 1.84. The molecule has 2 nitrogen and oxygen atoms in total. The third kappa shape index (κ3) is 5.43. The van der Waals surface area contributed by atoms with Gasteiger partial charge in [-0.05, 0) is 58.0 Å². The fraction of sp³-hybridized carbons (Fsp3) is 1.00. The van der Waals surface area contributed by atoms with E-state index < -0.39 is 0 Å². The van der Waals surface area contributed by atoms with E-state index in [0.29, 0.717) is 6.04 Å². The van der Waals surface area contributed by atoms with Crippen LogP contribution >= 0.6 is 0 Å². The molecule has 0 heterocycles. The average molecular weight is 268 g/mol. The lowest BCUT2D eigenvalue weighted by Gasteiger charge is -2.40. The Morgan fingerprint density at radius 3 is 2.42 bits per heavy atom. The van der Waals surface area contributed by atoms with Crippen LogP contribution in [0.15, 0.2) is 0 Å². The Balaban J connectivity index is 2.59. The van der Waals surface area contributed by atoms with Crippen molar-refractivity contribution in [1.82, 2.24) is 10.2 Å². The van der Waals surface area contributed by atoms with Gasteiger partial charge in [0.15, 0.2) is 0 Å². The van der Waals surface area contributed by atoms with Crippen molar-refractivity contribution in [3.05, 3.63) is 0 Å². The summed E-state index contributed by atoms with van der Waals surface area (Å²) < 4.78 is 0. The SMILES string of the molecule is CCCC1CCC(NCC)C(CN(CC)C(C)C)C1. The first-order chi connectivity index (χ1) is 9.12. The molecule has 1 rings (SSSR count). The predicted molar refractivity (Wildman–Crippen MR) is 85.6 cm³/mol. The van der Waals surface area contributed by atoms with Crippen molar-refractivity contribution in [3.63, 3.8) is 0 Å². The summed E-state index contributed by atoms with van der Waals surface area (Å²) in [5, 5.41) is 3.74. The Kier molecular flexibility index (Phi) is 8.01. The quantitative estimate of drug-likeness (QED) is 0.718. The second kappa shape index (κ2) is 8.97. The summed E-state index contributed by atoms with van der Waals surface area (Å²) in [7, 11) is 0. The van der Waals surface area contributed by atoms with Crippen LogP contribution in [-0.2, 0) is 0 Å². The lowest BCUT2D eigenvalue weighted by Crippen LogP contribution is -2.47. The smallest absolute Gasteiger partial charge is 0.0108 e. The minimum absolute atomic E-state index is 0.679. The second-order valence-electron chi connectivity index (χ2n) is 6.57. The Labute approximate surface area is 121 Å². The van der Waals surface area contributed by atoms with E-state index in [1.54, 1.807) is 0 Å². The zero-order chi connectivity index (χ0) is 14.3. The summed E-state index contributed by atoms with van der Waals surface area (Å²) in [6.07, 6.45) is 7.05. The van der Waals surface area contributed by atoms with Crippen molar-refractivity contribution in [2.24, 2.45) is 11.8 Å². The van der Waals surface area contributed by atoms with Gasteiger partial charge in [-0.3, -0.25) is 0 Å². The maximum Gasteiger partial charge on any atom is 0.0108 e. The Hall–Kier alpha value is -0.0800. The van der Waals surface area contributed by atoms with Gasteiger partial charge in [0.05, 0.1) is 0 Å². The molecule has 19 heavy (non-hydrogen) atoms. The highest BCUT2D eigenvalue weighted by Gasteiger charge is 2.30. The van der Waals surface area contributed by atoms with Crippen molar-refractivity contribution in [2.45, 2.75) is 78.8 Å². The largest absolute Gasteiger partial charge is 0.314 e. The summed E-state index contributed by atoms with van der Waals surface area (Å²) in [6.45, 7) is 15.1. The predicted octanol–water partition coefficient (Wildman–Crippen LogP) is 3.91. The number of hydrogen-bond acceptors (Lipinski definition) is 2. The van der Waals surface area contributed by atoms with Crippen molar-refractivity contribution < 1.29 is 0 Å². The van der Waals surface area contributed by atoms with E-state index in [9.17, 15) is 0 Å². The first-order valence-corrected chi connectivity index (χ1v) is 8.59. The molecule has 114 valence electrons. The first-order valence-electron chi connectivity index (χ1n) is 8.59. The van der Waals surface area contributed by atoms with Gasteiger partial charge in [-0.2, -0.15) is 0 Å². The molecule has 0 aromatic carbocycles. The zero-order valence-electron chi connectivity index (χ0n) is 13.9. The molecule has 0 radical (unpaired) electrons. The Bertz CT molecular complexity index is 227. The molecule has 0 spiro atoms. The molecule has 1 fully saturated rings. The molecular weight excluding hydrogens is 232 g/mol. The van der Waals surface area contributed by atoms with Crippen LogP contribution in [-0.4, -0.2) is 36.6 Å². The molecule has 3 unspecified atom stereocenters. The molecule has 3 atom stereocenters. The van der Waals surface area contributed by atoms with Gasteiger partial charge in [0.25, 0.3) is 0 Å². The van der Waals surface area contributed by atoms with Crippen LogP contribution in [0.25, 0.3) is 0 Å². The Morgan fingerprint density at radius 2 is 1.89 bits per heavy atom. The van der Waals surface area contributed by atoms with Crippen LogP contribution in [0.2, 0.25) is 0 Å². The number of rotatable bonds is 8. The average Bonchev–Trinajstić information content (AvgIpc) is 2.38. The van der Waals surface area contributed by atoms with Crippen molar-refractivity contribution in [3.8, 4) is 0 Å². The van der Waals surface area contributed by atoms with Gasteiger partial charge in [-0.25, -0.2) is 0 Å². The van der Waals surface area contributed by atoms with Gasteiger partial charge >= 0.3 is 0 Å². The molecule has 1 aliphatic rings. The molecule has 0 aromatic rings. The van der Waals surface area contributed by atoms with E-state index in [1.165, 1.54) is 45.2 Å². The van der Waals surface area contributed by atoms with Crippen LogP contribution in [0.3, 0.4) is 0 Å². The van der Waals surface area contributed by atoms with Gasteiger partial charge in [0.2, 0.25) is 0 Å². The highest BCUT2D eigenvalue weighted by atomic mass is 15.1. The minimum Gasteiger partial charge on any atom is -0.314 e. The molecule has 2 heteroatoms. The van der Waals surface area contributed by atoms with Gasteiger partial charge in [0, 0.05) is 18.6 Å². The van der Waals surface area contributed by atoms with Crippen LogP contribution in [0.1, 0.15) is 66.7 Å². The Morgan fingerprint density at radius 1 is 1.16 bits per heavy atom. The van der Waals surface area contributed by atoms with E-state index in [2.05, 4.69) is 44.8 Å². The molecular formula is C17H36N2. The third-order valence-electron chi connectivity index (χ3n) is 4.86. The number of nitrogens with one attached hydrogen (secondary N) is 1. The summed E-state index contributed by atoms with van der Waals surface area (Å²) in [5.41, 5.74) is 0. The van der Waals surface area contributed by atoms with Crippen molar-refractivity contribution in [1.29, 1.82) is 0 Å². The number of hydrogen-bond donors (Lipinski definition) is 1. The van der Waals surface area contributed by atoms with E-state index in [1.807, 2.05) is 0 Å². The highest BCUT2D eigenvalue weighted by molar-refractivity contribution is 4.86. The third-order valence-corrected chi connectivity index (χ3v) is 4.86. The summed E-state index contributed by atoms with van der Waals surface area (Å²) in [6, 6.07) is 1.43. The van der Waals surface area contributed by atoms with Crippen LogP contribution in [0.4, 0.5) is 0 Å². The normalized spacial score (nSPS) is 28.3. The maximum absolute atomic E-state index is 3.74. The minimum atomic E-state index is 0.679. The summed E-state index contributed by atoms with van der Waals surface area (Å²) in [4.78, 5) is 2.64. The van der Waals surface area contributed by atoms with Crippen LogP contribution < -0.4 is 5.32 Å². The lowest BCUT2D eigenvalue weighted by atomic mass is 9.76. The monoisotopic (exact) mass is 268 g/mol. The van der Waals surface area contributed by atoms with Gasteiger partial charge in [-0.1, -0.05) is 33.6 Å². The van der Waals surface area contributed by atoms with Gasteiger partial charge in [0.1, 0.15) is 0 Å². The fourth-order valence-corrected chi connectivity index (χ4v) is 3.77. The van der Waals surface area contributed by atoms with Crippen molar-refractivity contribution in [2.75, 3.05) is 19.6 Å². The van der Waals surface area contributed by atoms with Gasteiger partial charge < -0.3 is 10.2 Å². The summed E-state index contributed by atoms with van der Waals surface area (Å²) >= 11 is 0. The second-order valence-corrected chi connectivity index (χ2v) is 6.57.